The Hall–Kier alpha value is -2.55. The van der Waals surface area contributed by atoms with Gasteiger partial charge in [0.2, 0.25) is 5.91 Å². The van der Waals surface area contributed by atoms with E-state index in [1.807, 2.05) is 37.8 Å². The molecule has 1 saturated heterocycles. The van der Waals surface area contributed by atoms with E-state index in [1.54, 1.807) is 17.0 Å². The van der Waals surface area contributed by atoms with E-state index in [9.17, 15) is 9.59 Å². The van der Waals surface area contributed by atoms with Crippen molar-refractivity contribution >= 4 is 12.0 Å². The van der Waals surface area contributed by atoms with Crippen LogP contribution in [0.3, 0.4) is 0 Å². The SMILES string of the molecule is CC(C)(C)OC(=O)N1CCCC[C@@H]1C(=O)N(Cc1ccc(C#N)cc1)C1CC1. The molecule has 1 aliphatic heterocycles. The zero-order valence-electron chi connectivity index (χ0n) is 17.0. The van der Waals surface area contributed by atoms with E-state index in [4.69, 9.17) is 10.00 Å². The third-order valence-electron chi connectivity index (χ3n) is 5.12. The summed E-state index contributed by atoms with van der Waals surface area (Å²) in [5.41, 5.74) is 1.02. The molecule has 1 atom stereocenters. The van der Waals surface area contributed by atoms with Crippen molar-refractivity contribution in [3.8, 4) is 6.07 Å². The molecule has 3 rings (SSSR count). The summed E-state index contributed by atoms with van der Waals surface area (Å²) >= 11 is 0. The number of amides is 2. The van der Waals surface area contributed by atoms with E-state index in [0.29, 0.717) is 25.1 Å². The lowest BCUT2D eigenvalue weighted by Gasteiger charge is -2.38. The first-order valence-electron chi connectivity index (χ1n) is 10.1. The number of benzene rings is 1. The minimum absolute atomic E-state index is 0.0115. The van der Waals surface area contributed by atoms with E-state index in [1.165, 1.54) is 0 Å². The van der Waals surface area contributed by atoms with Crippen LogP contribution in [0.2, 0.25) is 0 Å². The van der Waals surface area contributed by atoms with Crippen LogP contribution >= 0.6 is 0 Å². The van der Waals surface area contributed by atoms with Crippen LogP contribution in [0.5, 0.6) is 0 Å². The number of hydrogen-bond acceptors (Lipinski definition) is 4. The predicted octanol–water partition coefficient (Wildman–Crippen LogP) is 3.84. The van der Waals surface area contributed by atoms with E-state index in [-0.39, 0.29) is 11.9 Å². The molecule has 1 saturated carbocycles. The standard InChI is InChI=1S/C22H29N3O3/c1-22(2,3)28-21(27)24-13-5-4-6-19(24)20(26)25(18-11-12-18)15-17-9-7-16(14-23)8-10-17/h7-10,18-19H,4-6,11-13,15H2,1-3H3/t19-/m1/s1. The van der Waals surface area contributed by atoms with Gasteiger partial charge in [0.25, 0.3) is 0 Å². The summed E-state index contributed by atoms with van der Waals surface area (Å²) in [6.07, 6.45) is 4.10. The minimum Gasteiger partial charge on any atom is -0.444 e. The Morgan fingerprint density at radius 2 is 1.86 bits per heavy atom. The number of likely N-dealkylation sites (tertiary alicyclic amines) is 1. The molecule has 1 heterocycles. The number of carbonyl (C=O) groups excluding carboxylic acids is 2. The largest absolute Gasteiger partial charge is 0.444 e. The Balaban J connectivity index is 1.75. The summed E-state index contributed by atoms with van der Waals surface area (Å²) in [4.78, 5) is 29.6. The summed E-state index contributed by atoms with van der Waals surface area (Å²) in [7, 11) is 0. The fourth-order valence-corrected chi connectivity index (χ4v) is 3.57. The molecule has 0 bridgehead atoms. The molecular weight excluding hydrogens is 354 g/mol. The van der Waals surface area contributed by atoms with Crippen LogP contribution in [-0.2, 0) is 16.1 Å². The van der Waals surface area contributed by atoms with Gasteiger partial charge >= 0.3 is 6.09 Å². The normalized spacial score (nSPS) is 19.6. The van der Waals surface area contributed by atoms with Crippen molar-refractivity contribution in [1.29, 1.82) is 5.26 Å². The van der Waals surface area contributed by atoms with E-state index in [2.05, 4.69) is 6.07 Å². The van der Waals surface area contributed by atoms with Crippen molar-refractivity contribution < 1.29 is 14.3 Å². The van der Waals surface area contributed by atoms with Gasteiger partial charge in [-0.2, -0.15) is 5.26 Å². The highest BCUT2D eigenvalue weighted by atomic mass is 16.6. The van der Waals surface area contributed by atoms with Gasteiger partial charge in [-0.25, -0.2) is 4.79 Å². The Bertz CT molecular complexity index is 757. The lowest BCUT2D eigenvalue weighted by atomic mass is 10.0. The van der Waals surface area contributed by atoms with Gasteiger partial charge < -0.3 is 9.64 Å². The number of nitrogens with zero attached hydrogens (tertiary/aromatic N) is 3. The maximum Gasteiger partial charge on any atom is 0.410 e. The van der Waals surface area contributed by atoms with Gasteiger partial charge in [0.05, 0.1) is 11.6 Å². The highest BCUT2D eigenvalue weighted by molar-refractivity contribution is 5.86. The molecule has 2 fully saturated rings. The lowest BCUT2D eigenvalue weighted by Crippen LogP contribution is -2.54. The maximum absolute atomic E-state index is 13.4. The number of hydrogen-bond donors (Lipinski definition) is 0. The van der Waals surface area contributed by atoms with E-state index >= 15 is 0 Å². The van der Waals surface area contributed by atoms with Gasteiger partial charge in [0, 0.05) is 19.1 Å². The van der Waals surface area contributed by atoms with Crippen molar-refractivity contribution in [2.24, 2.45) is 0 Å². The smallest absolute Gasteiger partial charge is 0.410 e. The van der Waals surface area contributed by atoms with Crippen LogP contribution in [-0.4, -0.2) is 46.0 Å². The number of rotatable bonds is 4. The minimum atomic E-state index is -0.583. The average molecular weight is 383 g/mol. The average Bonchev–Trinajstić information content (AvgIpc) is 3.50. The monoisotopic (exact) mass is 383 g/mol. The highest BCUT2D eigenvalue weighted by Gasteiger charge is 2.41. The molecule has 0 spiro atoms. The Morgan fingerprint density at radius 3 is 2.43 bits per heavy atom. The molecule has 0 aromatic heterocycles. The first-order chi connectivity index (χ1) is 13.3. The van der Waals surface area contributed by atoms with Crippen molar-refractivity contribution in [2.45, 2.75) is 77.1 Å². The van der Waals surface area contributed by atoms with Crippen molar-refractivity contribution in [2.75, 3.05) is 6.54 Å². The van der Waals surface area contributed by atoms with Crippen molar-refractivity contribution in [3.05, 3.63) is 35.4 Å². The summed E-state index contributed by atoms with van der Waals surface area (Å²) in [5.74, 6) is 0.0115. The predicted molar refractivity (Wildman–Crippen MR) is 105 cm³/mol. The molecule has 1 aliphatic carbocycles. The quantitative estimate of drug-likeness (QED) is 0.792. The van der Waals surface area contributed by atoms with Crippen molar-refractivity contribution in [1.82, 2.24) is 9.80 Å². The van der Waals surface area contributed by atoms with Gasteiger partial charge in [0.1, 0.15) is 11.6 Å². The second-order valence-electron chi connectivity index (χ2n) is 8.69. The van der Waals surface area contributed by atoms with Gasteiger partial charge in [-0.1, -0.05) is 12.1 Å². The van der Waals surface area contributed by atoms with Crippen LogP contribution < -0.4 is 0 Å². The first kappa shape index (κ1) is 20.2. The number of carbonyl (C=O) groups is 2. The van der Waals surface area contributed by atoms with Crippen LogP contribution in [0.25, 0.3) is 0 Å². The molecule has 28 heavy (non-hydrogen) atoms. The molecule has 2 aliphatic rings. The lowest BCUT2D eigenvalue weighted by molar-refractivity contribution is -0.139. The Morgan fingerprint density at radius 1 is 1.18 bits per heavy atom. The highest BCUT2D eigenvalue weighted by Crippen LogP contribution is 2.31. The van der Waals surface area contributed by atoms with Crippen LogP contribution in [0.1, 0.15) is 64.0 Å². The molecule has 0 radical (unpaired) electrons. The molecule has 0 N–H and O–H groups in total. The topological polar surface area (TPSA) is 73.6 Å². The summed E-state index contributed by atoms with van der Waals surface area (Å²) in [6, 6.07) is 9.25. The van der Waals surface area contributed by atoms with Crippen molar-refractivity contribution in [3.63, 3.8) is 0 Å². The molecule has 150 valence electrons. The number of ether oxygens (including phenoxy) is 1. The summed E-state index contributed by atoms with van der Waals surface area (Å²) < 4.78 is 5.54. The van der Waals surface area contributed by atoms with Gasteiger partial charge in [0.15, 0.2) is 0 Å². The van der Waals surface area contributed by atoms with Gasteiger partial charge in [-0.3, -0.25) is 9.69 Å². The van der Waals surface area contributed by atoms with E-state index < -0.39 is 17.7 Å². The van der Waals surface area contributed by atoms with E-state index in [0.717, 1.165) is 31.2 Å². The summed E-state index contributed by atoms with van der Waals surface area (Å²) in [5, 5.41) is 8.96. The molecule has 6 heteroatoms. The second-order valence-corrected chi connectivity index (χ2v) is 8.69. The zero-order chi connectivity index (χ0) is 20.3. The zero-order valence-corrected chi connectivity index (χ0v) is 17.0. The molecule has 6 nitrogen and oxygen atoms in total. The van der Waals surface area contributed by atoms with Gasteiger partial charge in [-0.05, 0) is 70.6 Å². The molecule has 1 aromatic carbocycles. The molecular formula is C22H29N3O3. The third-order valence-corrected chi connectivity index (χ3v) is 5.12. The van der Waals surface area contributed by atoms with Crippen LogP contribution in [0, 0.1) is 11.3 Å². The van der Waals surface area contributed by atoms with Crippen LogP contribution in [0.15, 0.2) is 24.3 Å². The third kappa shape index (κ3) is 5.03. The number of piperidine rings is 1. The number of nitriles is 1. The fraction of sp³-hybridized carbons (Fsp3) is 0.591. The molecule has 0 unspecified atom stereocenters. The summed E-state index contributed by atoms with van der Waals surface area (Å²) in [6.45, 7) is 6.59. The van der Waals surface area contributed by atoms with Gasteiger partial charge in [-0.15, -0.1) is 0 Å². The Kier molecular flexibility index (Phi) is 5.93. The first-order valence-corrected chi connectivity index (χ1v) is 10.1. The molecule has 1 aromatic rings. The molecule has 2 amide bonds. The fourth-order valence-electron chi connectivity index (χ4n) is 3.57. The maximum atomic E-state index is 13.4. The second kappa shape index (κ2) is 8.22. The van der Waals surface area contributed by atoms with Crippen LogP contribution in [0.4, 0.5) is 4.79 Å². The Labute approximate surface area is 167 Å².